The first kappa shape index (κ1) is 12.8. The predicted octanol–water partition coefficient (Wildman–Crippen LogP) is 0.822. The third-order valence-electron chi connectivity index (χ3n) is 2.16. The number of rotatable bonds is 5. The lowest BCUT2D eigenvalue weighted by molar-refractivity contribution is -0.141. The van der Waals surface area contributed by atoms with Crippen molar-refractivity contribution < 1.29 is 14.7 Å². The van der Waals surface area contributed by atoms with Crippen LogP contribution in [0.15, 0.2) is 30.3 Å². The fourth-order valence-corrected chi connectivity index (χ4v) is 1.34. The Morgan fingerprint density at radius 3 is 2.53 bits per heavy atom. The van der Waals surface area contributed by atoms with E-state index in [1.54, 1.807) is 12.1 Å². The second-order valence-corrected chi connectivity index (χ2v) is 3.53. The summed E-state index contributed by atoms with van der Waals surface area (Å²) in [5.74, 6) is 0.754. The van der Waals surface area contributed by atoms with Gasteiger partial charge in [0.1, 0.15) is 6.04 Å². The van der Waals surface area contributed by atoms with Crippen molar-refractivity contribution in [3.05, 3.63) is 35.9 Å². The summed E-state index contributed by atoms with van der Waals surface area (Å²) >= 11 is 0. The first-order chi connectivity index (χ1) is 8.13. The quantitative estimate of drug-likeness (QED) is 0.737. The summed E-state index contributed by atoms with van der Waals surface area (Å²) < 4.78 is 0. The number of carboxylic acid groups (broad SMARTS) is 1. The summed E-state index contributed by atoms with van der Waals surface area (Å²) in [6.45, 7) is 0. The third kappa shape index (κ3) is 4.39. The molecule has 0 unspecified atom stereocenters. The Morgan fingerprint density at radius 1 is 1.35 bits per heavy atom. The van der Waals surface area contributed by atoms with Crippen molar-refractivity contribution in [2.24, 2.45) is 0 Å². The van der Waals surface area contributed by atoms with Gasteiger partial charge in [-0.3, -0.25) is 4.79 Å². The minimum Gasteiger partial charge on any atom is -0.480 e. The van der Waals surface area contributed by atoms with E-state index in [1.165, 1.54) is 0 Å². The summed E-state index contributed by atoms with van der Waals surface area (Å²) in [7, 11) is 0. The fraction of sp³-hybridized carbons (Fsp3) is 0.231. The van der Waals surface area contributed by atoms with Crippen LogP contribution >= 0.6 is 0 Å². The van der Waals surface area contributed by atoms with Gasteiger partial charge in [0.05, 0.1) is 6.42 Å². The van der Waals surface area contributed by atoms with Crippen molar-refractivity contribution in [1.82, 2.24) is 5.32 Å². The van der Waals surface area contributed by atoms with E-state index >= 15 is 0 Å². The zero-order valence-electron chi connectivity index (χ0n) is 9.22. The summed E-state index contributed by atoms with van der Waals surface area (Å²) in [5, 5.41) is 11.2. The van der Waals surface area contributed by atoms with Crippen LogP contribution in [0.1, 0.15) is 12.0 Å². The molecule has 0 aliphatic carbocycles. The predicted molar refractivity (Wildman–Crippen MR) is 63.2 cm³/mol. The Morgan fingerprint density at radius 2 is 2.00 bits per heavy atom. The number of aliphatic carboxylic acids is 1. The van der Waals surface area contributed by atoms with E-state index < -0.39 is 12.0 Å². The van der Waals surface area contributed by atoms with E-state index in [0.717, 1.165) is 5.56 Å². The number of hydrogen-bond donors (Lipinski definition) is 2. The number of carbonyl (C=O) groups excluding carboxylic acids is 1. The third-order valence-corrected chi connectivity index (χ3v) is 2.16. The molecule has 0 saturated heterocycles. The van der Waals surface area contributed by atoms with Crippen LogP contribution in [0.25, 0.3) is 0 Å². The monoisotopic (exact) mass is 231 g/mol. The van der Waals surface area contributed by atoms with Crippen molar-refractivity contribution in [3.8, 4) is 12.3 Å². The van der Waals surface area contributed by atoms with Gasteiger partial charge >= 0.3 is 5.97 Å². The molecule has 0 aliphatic heterocycles. The molecule has 0 heterocycles. The van der Waals surface area contributed by atoms with Crippen molar-refractivity contribution in [1.29, 1.82) is 0 Å². The first-order valence-corrected chi connectivity index (χ1v) is 5.13. The SMILES string of the molecule is C#CC[C@H](NC(=O)Cc1ccccc1)C(=O)O. The molecular formula is C13H13NO3. The topological polar surface area (TPSA) is 66.4 Å². The maximum Gasteiger partial charge on any atom is 0.327 e. The Balaban J connectivity index is 2.54. The Bertz CT molecular complexity index is 434. The second-order valence-electron chi connectivity index (χ2n) is 3.53. The summed E-state index contributed by atoms with van der Waals surface area (Å²) in [5.41, 5.74) is 0.829. The summed E-state index contributed by atoms with van der Waals surface area (Å²) in [6, 6.07) is 8.07. The molecule has 0 saturated carbocycles. The van der Waals surface area contributed by atoms with Gasteiger partial charge in [-0.25, -0.2) is 4.79 Å². The van der Waals surface area contributed by atoms with E-state index in [4.69, 9.17) is 11.5 Å². The summed E-state index contributed by atoms with van der Waals surface area (Å²) in [6.07, 6.45) is 5.16. The molecule has 4 nitrogen and oxygen atoms in total. The van der Waals surface area contributed by atoms with E-state index in [1.807, 2.05) is 18.2 Å². The van der Waals surface area contributed by atoms with Gasteiger partial charge in [-0.2, -0.15) is 0 Å². The standard InChI is InChI=1S/C13H13NO3/c1-2-6-11(13(16)17)14-12(15)9-10-7-4-3-5-8-10/h1,3-5,7-8,11H,6,9H2,(H,14,15)(H,16,17)/t11-/m0/s1. The van der Waals surface area contributed by atoms with Crippen LogP contribution < -0.4 is 5.32 Å². The van der Waals surface area contributed by atoms with Gasteiger partial charge in [-0.1, -0.05) is 30.3 Å². The number of carboxylic acids is 1. The van der Waals surface area contributed by atoms with Crippen LogP contribution in [-0.2, 0) is 16.0 Å². The summed E-state index contributed by atoms with van der Waals surface area (Å²) in [4.78, 5) is 22.3. The minimum absolute atomic E-state index is 0.0180. The van der Waals surface area contributed by atoms with Gasteiger partial charge in [0, 0.05) is 6.42 Å². The highest BCUT2D eigenvalue weighted by Crippen LogP contribution is 2.00. The smallest absolute Gasteiger partial charge is 0.327 e. The normalized spacial score (nSPS) is 11.2. The lowest BCUT2D eigenvalue weighted by Crippen LogP contribution is -2.41. The highest BCUT2D eigenvalue weighted by atomic mass is 16.4. The molecule has 17 heavy (non-hydrogen) atoms. The molecule has 4 heteroatoms. The average Bonchev–Trinajstić information content (AvgIpc) is 2.29. The lowest BCUT2D eigenvalue weighted by atomic mass is 10.1. The van der Waals surface area contributed by atoms with Gasteiger partial charge in [-0.15, -0.1) is 12.3 Å². The molecule has 1 aromatic carbocycles. The average molecular weight is 231 g/mol. The van der Waals surface area contributed by atoms with Gasteiger partial charge in [0.25, 0.3) is 0 Å². The van der Waals surface area contributed by atoms with Crippen LogP contribution in [0.2, 0.25) is 0 Å². The van der Waals surface area contributed by atoms with Crippen molar-refractivity contribution in [2.75, 3.05) is 0 Å². The fourth-order valence-electron chi connectivity index (χ4n) is 1.34. The molecule has 0 bridgehead atoms. The van der Waals surface area contributed by atoms with E-state index in [-0.39, 0.29) is 18.7 Å². The van der Waals surface area contributed by atoms with Gasteiger partial charge in [0.15, 0.2) is 0 Å². The molecule has 0 spiro atoms. The van der Waals surface area contributed by atoms with E-state index in [2.05, 4.69) is 11.2 Å². The van der Waals surface area contributed by atoms with Crippen LogP contribution in [0, 0.1) is 12.3 Å². The number of hydrogen-bond acceptors (Lipinski definition) is 2. The molecule has 0 aliphatic rings. The molecular weight excluding hydrogens is 218 g/mol. The zero-order valence-corrected chi connectivity index (χ0v) is 9.22. The highest BCUT2D eigenvalue weighted by molar-refractivity contribution is 5.85. The molecule has 1 aromatic rings. The zero-order chi connectivity index (χ0) is 12.7. The van der Waals surface area contributed by atoms with E-state index in [0.29, 0.717) is 0 Å². The van der Waals surface area contributed by atoms with Crippen molar-refractivity contribution >= 4 is 11.9 Å². The Kier molecular flexibility index (Phi) is 4.77. The molecule has 1 atom stereocenters. The Labute approximate surface area is 99.7 Å². The minimum atomic E-state index is -1.12. The van der Waals surface area contributed by atoms with Crippen LogP contribution in [0.3, 0.4) is 0 Å². The highest BCUT2D eigenvalue weighted by Gasteiger charge is 2.18. The van der Waals surface area contributed by atoms with Crippen molar-refractivity contribution in [2.45, 2.75) is 18.9 Å². The lowest BCUT2D eigenvalue weighted by Gasteiger charge is -2.11. The Hall–Kier alpha value is -2.28. The van der Waals surface area contributed by atoms with Gasteiger partial charge < -0.3 is 10.4 Å². The van der Waals surface area contributed by atoms with Gasteiger partial charge in [-0.05, 0) is 5.56 Å². The van der Waals surface area contributed by atoms with Crippen LogP contribution in [-0.4, -0.2) is 23.0 Å². The number of amides is 1. The van der Waals surface area contributed by atoms with E-state index in [9.17, 15) is 9.59 Å². The van der Waals surface area contributed by atoms with Gasteiger partial charge in [0.2, 0.25) is 5.91 Å². The first-order valence-electron chi connectivity index (χ1n) is 5.13. The molecule has 2 N–H and O–H groups in total. The molecule has 0 aromatic heterocycles. The molecule has 0 radical (unpaired) electrons. The molecule has 1 rings (SSSR count). The maximum atomic E-state index is 11.6. The largest absolute Gasteiger partial charge is 0.480 e. The number of carbonyl (C=O) groups is 2. The number of nitrogens with one attached hydrogen (secondary N) is 1. The molecule has 0 fully saturated rings. The molecule has 88 valence electrons. The number of benzene rings is 1. The molecule has 1 amide bonds. The second kappa shape index (κ2) is 6.33. The van der Waals surface area contributed by atoms with Crippen LogP contribution in [0.4, 0.5) is 0 Å². The van der Waals surface area contributed by atoms with Crippen LogP contribution in [0.5, 0.6) is 0 Å². The van der Waals surface area contributed by atoms with Crippen molar-refractivity contribution in [3.63, 3.8) is 0 Å². The maximum absolute atomic E-state index is 11.6. The number of terminal acetylenes is 1.